The SMILES string of the molecule is CC(C)Oc1ccc(P(NP(c2ccc(OC(C)C)cc2)c2ccc(OC(C)C)cc2)c2ccc(OC(C)C)cc2)cc1. The number of hydrogen-bond donors (Lipinski definition) is 1. The third-order valence-corrected chi connectivity index (χ3v) is 10.9. The Kier molecular flexibility index (Phi) is 11.9. The van der Waals surface area contributed by atoms with Crippen LogP contribution in [0.4, 0.5) is 0 Å². The summed E-state index contributed by atoms with van der Waals surface area (Å²) in [5.41, 5.74) is 0. The molecule has 0 atom stereocenters. The van der Waals surface area contributed by atoms with Gasteiger partial charge in [-0.1, -0.05) is 0 Å². The molecule has 0 aliphatic heterocycles. The molecule has 0 unspecified atom stereocenters. The zero-order valence-electron chi connectivity index (χ0n) is 26.6. The first-order valence-electron chi connectivity index (χ1n) is 15.0. The molecule has 0 fully saturated rings. The molecule has 5 nitrogen and oxygen atoms in total. The van der Waals surface area contributed by atoms with Crippen molar-refractivity contribution in [2.75, 3.05) is 0 Å². The summed E-state index contributed by atoms with van der Waals surface area (Å²) in [5.74, 6) is 3.49. The molecule has 43 heavy (non-hydrogen) atoms. The second kappa shape index (κ2) is 15.6. The van der Waals surface area contributed by atoms with Crippen molar-refractivity contribution in [3.05, 3.63) is 97.1 Å². The fraction of sp³-hybridized carbons (Fsp3) is 0.333. The Morgan fingerprint density at radius 2 is 0.535 bits per heavy atom. The molecule has 4 rings (SSSR count). The summed E-state index contributed by atoms with van der Waals surface area (Å²) < 4.78 is 23.8. The zero-order valence-corrected chi connectivity index (χ0v) is 28.4. The Balaban J connectivity index is 1.75. The van der Waals surface area contributed by atoms with Crippen LogP contribution in [0, 0.1) is 0 Å². The van der Waals surface area contributed by atoms with Crippen molar-refractivity contribution in [3.8, 4) is 23.0 Å². The molecule has 228 valence electrons. The van der Waals surface area contributed by atoms with Gasteiger partial charge in [0.1, 0.15) is 23.0 Å². The molecule has 0 saturated carbocycles. The average Bonchev–Trinajstić information content (AvgIpc) is 2.95. The Bertz CT molecular complexity index is 1170. The number of benzene rings is 4. The van der Waals surface area contributed by atoms with Crippen molar-refractivity contribution in [1.82, 2.24) is 4.86 Å². The lowest BCUT2D eigenvalue weighted by atomic mass is 10.3. The van der Waals surface area contributed by atoms with Gasteiger partial charge in [-0.15, -0.1) is 0 Å². The smallest absolute Gasteiger partial charge is 0.119 e. The molecule has 0 aromatic heterocycles. The number of nitrogens with one attached hydrogen (secondary N) is 1. The van der Waals surface area contributed by atoms with Gasteiger partial charge in [0.05, 0.1) is 24.4 Å². The lowest BCUT2D eigenvalue weighted by Gasteiger charge is -2.28. The fourth-order valence-corrected chi connectivity index (χ4v) is 9.45. The lowest BCUT2D eigenvalue weighted by molar-refractivity contribution is 0.242. The van der Waals surface area contributed by atoms with Crippen molar-refractivity contribution in [2.45, 2.75) is 79.8 Å². The van der Waals surface area contributed by atoms with Gasteiger partial charge in [0.2, 0.25) is 0 Å². The maximum absolute atomic E-state index is 5.95. The van der Waals surface area contributed by atoms with E-state index in [1.165, 1.54) is 21.2 Å². The molecule has 0 aliphatic rings. The predicted molar refractivity (Wildman–Crippen MR) is 184 cm³/mol. The van der Waals surface area contributed by atoms with E-state index in [2.05, 4.69) is 102 Å². The molecule has 0 spiro atoms. The molecule has 0 saturated heterocycles. The van der Waals surface area contributed by atoms with Gasteiger partial charge >= 0.3 is 0 Å². The van der Waals surface area contributed by atoms with E-state index < -0.39 is 16.1 Å². The standard InChI is InChI=1S/C36H45NO4P2/c1-25(2)38-29-9-17-33(18-10-29)42(34-19-11-30(12-20-34)39-26(3)4)37-43(35-21-13-31(14-22-35)40-27(5)6)36-23-15-32(16-24-36)41-28(7)8/h9-28,37H,1-8H3. The van der Waals surface area contributed by atoms with Crippen LogP contribution in [-0.4, -0.2) is 24.4 Å². The molecule has 4 aromatic carbocycles. The van der Waals surface area contributed by atoms with Crippen LogP contribution in [-0.2, 0) is 0 Å². The van der Waals surface area contributed by atoms with Crippen LogP contribution in [0.5, 0.6) is 23.0 Å². The van der Waals surface area contributed by atoms with Crippen LogP contribution < -0.4 is 45.0 Å². The van der Waals surface area contributed by atoms with E-state index in [1.54, 1.807) is 0 Å². The van der Waals surface area contributed by atoms with Crippen molar-refractivity contribution >= 4 is 37.4 Å². The van der Waals surface area contributed by atoms with E-state index in [-0.39, 0.29) is 24.4 Å². The molecule has 7 heteroatoms. The zero-order chi connectivity index (χ0) is 30.9. The predicted octanol–water partition coefficient (Wildman–Crippen LogP) is 7.82. The molecule has 0 bridgehead atoms. The topological polar surface area (TPSA) is 49.0 Å². The number of hydrogen-bond acceptors (Lipinski definition) is 5. The normalized spacial score (nSPS) is 11.7. The summed E-state index contributed by atoms with van der Waals surface area (Å²) in [6.07, 6.45) is 0.489. The van der Waals surface area contributed by atoms with Crippen LogP contribution in [0.1, 0.15) is 55.4 Å². The molecule has 1 N–H and O–H groups in total. The quantitative estimate of drug-likeness (QED) is 0.146. The highest BCUT2D eigenvalue weighted by Gasteiger charge is 2.23. The van der Waals surface area contributed by atoms with Gasteiger partial charge in [0.15, 0.2) is 0 Å². The highest BCUT2D eigenvalue weighted by atomic mass is 31.2. The van der Waals surface area contributed by atoms with Crippen LogP contribution in [0.2, 0.25) is 0 Å². The first-order chi connectivity index (χ1) is 20.6. The Hall–Kier alpha value is -3.10. The van der Waals surface area contributed by atoms with Gasteiger partial charge in [0.25, 0.3) is 0 Å². The Morgan fingerprint density at radius 3 is 0.698 bits per heavy atom. The van der Waals surface area contributed by atoms with Crippen LogP contribution in [0.25, 0.3) is 0 Å². The van der Waals surface area contributed by atoms with Crippen molar-refractivity contribution in [1.29, 1.82) is 0 Å². The van der Waals surface area contributed by atoms with Crippen molar-refractivity contribution < 1.29 is 18.9 Å². The van der Waals surface area contributed by atoms with Gasteiger partial charge in [-0.2, -0.15) is 0 Å². The molecule has 0 radical (unpaired) electrons. The largest absolute Gasteiger partial charge is 0.491 e. The molecular formula is C36H45NO4P2. The van der Waals surface area contributed by atoms with Gasteiger partial charge in [-0.3, -0.25) is 4.86 Å². The molecule has 0 amide bonds. The average molecular weight is 618 g/mol. The van der Waals surface area contributed by atoms with Gasteiger partial charge in [-0.25, -0.2) is 0 Å². The van der Waals surface area contributed by atoms with E-state index in [0.29, 0.717) is 0 Å². The maximum atomic E-state index is 5.95. The Labute approximate surface area is 260 Å². The molecule has 4 aromatic rings. The summed E-state index contributed by atoms with van der Waals surface area (Å²) in [7, 11) is -1.88. The first kappa shape index (κ1) is 32.8. The minimum Gasteiger partial charge on any atom is -0.491 e. The highest BCUT2D eigenvalue weighted by Crippen LogP contribution is 2.43. The van der Waals surface area contributed by atoms with Crippen LogP contribution in [0.3, 0.4) is 0 Å². The molecule has 0 heterocycles. The summed E-state index contributed by atoms with van der Waals surface area (Å²) in [5, 5.41) is 4.87. The molecular weight excluding hydrogens is 572 g/mol. The third-order valence-electron chi connectivity index (χ3n) is 6.07. The van der Waals surface area contributed by atoms with E-state index in [9.17, 15) is 0 Å². The third kappa shape index (κ3) is 9.97. The van der Waals surface area contributed by atoms with E-state index in [4.69, 9.17) is 18.9 Å². The van der Waals surface area contributed by atoms with Crippen molar-refractivity contribution in [2.24, 2.45) is 0 Å². The van der Waals surface area contributed by atoms with E-state index in [1.807, 2.05) is 55.4 Å². The van der Waals surface area contributed by atoms with Gasteiger partial charge < -0.3 is 18.9 Å². The molecule has 0 aliphatic carbocycles. The van der Waals surface area contributed by atoms with Gasteiger partial charge in [0, 0.05) is 16.1 Å². The van der Waals surface area contributed by atoms with Gasteiger partial charge in [-0.05, 0) is 174 Å². The maximum Gasteiger partial charge on any atom is 0.119 e. The number of rotatable bonds is 14. The minimum atomic E-state index is -0.941. The second-order valence-electron chi connectivity index (χ2n) is 11.4. The summed E-state index contributed by atoms with van der Waals surface area (Å²) in [6.45, 7) is 16.4. The monoisotopic (exact) mass is 617 g/mol. The summed E-state index contributed by atoms with van der Waals surface area (Å²) in [6, 6.07) is 34.0. The highest BCUT2D eigenvalue weighted by molar-refractivity contribution is 7.85. The fourth-order valence-electron chi connectivity index (χ4n) is 4.41. The Morgan fingerprint density at radius 1 is 0.349 bits per heavy atom. The minimum absolute atomic E-state index is 0.122. The van der Waals surface area contributed by atoms with Crippen LogP contribution in [0.15, 0.2) is 97.1 Å². The van der Waals surface area contributed by atoms with Crippen molar-refractivity contribution in [3.63, 3.8) is 0 Å². The number of ether oxygens (including phenoxy) is 4. The van der Waals surface area contributed by atoms with E-state index in [0.717, 1.165) is 23.0 Å². The summed E-state index contributed by atoms with van der Waals surface area (Å²) >= 11 is 0. The summed E-state index contributed by atoms with van der Waals surface area (Å²) in [4.78, 5) is 4.13. The second-order valence-corrected chi connectivity index (χ2v) is 15.6. The van der Waals surface area contributed by atoms with E-state index >= 15 is 0 Å². The lowest BCUT2D eigenvalue weighted by Crippen LogP contribution is -2.27. The van der Waals surface area contributed by atoms with Crippen LogP contribution >= 0.6 is 16.1 Å². The first-order valence-corrected chi connectivity index (χ1v) is 17.7.